The second kappa shape index (κ2) is 8.62. The van der Waals surface area contributed by atoms with Crippen LogP contribution in [0.2, 0.25) is 0 Å². The summed E-state index contributed by atoms with van der Waals surface area (Å²) in [5, 5.41) is 3.06. The van der Waals surface area contributed by atoms with Crippen LogP contribution in [-0.4, -0.2) is 48.0 Å². The van der Waals surface area contributed by atoms with E-state index in [1.807, 2.05) is 37.4 Å². The van der Waals surface area contributed by atoms with E-state index in [4.69, 9.17) is 0 Å². The number of nitrogens with one attached hydrogen (secondary N) is 1. The molecule has 6 heteroatoms. The number of anilines is 2. The SMILES string of the molecule is CC(C(=O)Nc1ccc(C(C)(C)C)cc1)N1CCN(c2ccc(Br)cn2)CC1. The number of hydrogen-bond donors (Lipinski definition) is 1. The van der Waals surface area contributed by atoms with Crippen molar-refractivity contribution in [3.8, 4) is 0 Å². The van der Waals surface area contributed by atoms with E-state index in [0.717, 1.165) is 42.2 Å². The third kappa shape index (κ3) is 5.11. The van der Waals surface area contributed by atoms with Crippen LogP contribution in [0.15, 0.2) is 47.1 Å². The van der Waals surface area contributed by atoms with Crippen LogP contribution in [-0.2, 0) is 10.2 Å². The fourth-order valence-electron chi connectivity index (χ4n) is 3.36. The molecule has 1 aliphatic heterocycles. The second-order valence-corrected chi connectivity index (χ2v) is 9.27. The quantitative estimate of drug-likeness (QED) is 0.763. The van der Waals surface area contributed by atoms with Gasteiger partial charge in [0.2, 0.25) is 5.91 Å². The number of carbonyl (C=O) groups is 1. The highest BCUT2D eigenvalue weighted by Gasteiger charge is 2.26. The molecule has 0 radical (unpaired) electrons. The standard InChI is InChI=1S/C22H29BrN4O/c1-16(21(28)25-19-8-5-17(6-9-19)22(2,3)4)26-11-13-27(14-12-26)20-10-7-18(23)15-24-20/h5-10,15-16H,11-14H2,1-4H3,(H,25,28). The van der Waals surface area contributed by atoms with Crippen LogP contribution in [0.5, 0.6) is 0 Å². The first-order chi connectivity index (χ1) is 13.2. The molecule has 2 heterocycles. The highest BCUT2D eigenvalue weighted by molar-refractivity contribution is 9.10. The number of aromatic nitrogens is 1. The monoisotopic (exact) mass is 444 g/mol. The summed E-state index contributed by atoms with van der Waals surface area (Å²) in [5.41, 5.74) is 2.22. The van der Waals surface area contributed by atoms with Crippen LogP contribution < -0.4 is 10.2 Å². The Morgan fingerprint density at radius 2 is 1.71 bits per heavy atom. The molecule has 1 fully saturated rings. The molecular weight excluding hydrogens is 416 g/mol. The minimum absolute atomic E-state index is 0.0405. The number of hydrogen-bond acceptors (Lipinski definition) is 4. The maximum Gasteiger partial charge on any atom is 0.241 e. The zero-order valence-corrected chi connectivity index (χ0v) is 18.7. The lowest BCUT2D eigenvalue weighted by Crippen LogP contribution is -2.53. The van der Waals surface area contributed by atoms with Crippen molar-refractivity contribution in [2.45, 2.75) is 39.2 Å². The van der Waals surface area contributed by atoms with Gasteiger partial charge in [0.25, 0.3) is 0 Å². The highest BCUT2D eigenvalue weighted by atomic mass is 79.9. The van der Waals surface area contributed by atoms with Crippen molar-refractivity contribution in [3.05, 3.63) is 52.6 Å². The van der Waals surface area contributed by atoms with Crippen molar-refractivity contribution in [3.63, 3.8) is 0 Å². The second-order valence-electron chi connectivity index (χ2n) is 8.35. The molecule has 1 amide bonds. The van der Waals surface area contributed by atoms with Crippen LogP contribution in [0.4, 0.5) is 11.5 Å². The van der Waals surface area contributed by atoms with Gasteiger partial charge in [0.1, 0.15) is 5.82 Å². The van der Waals surface area contributed by atoms with Gasteiger partial charge in [-0.3, -0.25) is 9.69 Å². The number of piperazine rings is 1. The van der Waals surface area contributed by atoms with Crippen LogP contribution in [0.25, 0.3) is 0 Å². The topological polar surface area (TPSA) is 48.5 Å². The Morgan fingerprint density at radius 3 is 2.25 bits per heavy atom. The molecule has 0 spiro atoms. The van der Waals surface area contributed by atoms with Crippen LogP contribution in [0.1, 0.15) is 33.3 Å². The van der Waals surface area contributed by atoms with E-state index in [1.54, 1.807) is 0 Å². The van der Waals surface area contributed by atoms with Gasteiger partial charge in [-0.2, -0.15) is 0 Å². The van der Waals surface area contributed by atoms with E-state index in [0.29, 0.717) is 0 Å². The van der Waals surface area contributed by atoms with Crippen molar-refractivity contribution >= 4 is 33.3 Å². The largest absolute Gasteiger partial charge is 0.354 e. The molecule has 0 aliphatic carbocycles. The average molecular weight is 445 g/mol. The number of halogens is 1. The molecule has 1 N–H and O–H groups in total. The van der Waals surface area contributed by atoms with Gasteiger partial charge in [0.15, 0.2) is 0 Å². The Labute approximate surface area is 176 Å². The lowest BCUT2D eigenvalue weighted by Gasteiger charge is -2.38. The van der Waals surface area contributed by atoms with E-state index in [2.05, 4.69) is 68.9 Å². The van der Waals surface area contributed by atoms with Crippen LogP contribution >= 0.6 is 15.9 Å². The van der Waals surface area contributed by atoms with Crippen molar-refractivity contribution in [2.24, 2.45) is 0 Å². The average Bonchev–Trinajstić information content (AvgIpc) is 2.68. The van der Waals surface area contributed by atoms with Crippen molar-refractivity contribution in [1.82, 2.24) is 9.88 Å². The maximum absolute atomic E-state index is 12.7. The number of carbonyl (C=O) groups excluding carboxylic acids is 1. The van der Waals surface area contributed by atoms with E-state index >= 15 is 0 Å². The minimum atomic E-state index is -0.165. The summed E-state index contributed by atoms with van der Waals surface area (Å²) in [6, 6.07) is 12.0. The van der Waals surface area contributed by atoms with Crippen molar-refractivity contribution in [1.29, 1.82) is 0 Å². The van der Waals surface area contributed by atoms with Gasteiger partial charge in [-0.05, 0) is 58.1 Å². The zero-order valence-electron chi connectivity index (χ0n) is 17.1. The third-order valence-electron chi connectivity index (χ3n) is 5.30. The molecule has 1 aromatic heterocycles. The summed E-state index contributed by atoms with van der Waals surface area (Å²) in [7, 11) is 0. The Kier molecular flexibility index (Phi) is 6.40. The summed E-state index contributed by atoms with van der Waals surface area (Å²) in [4.78, 5) is 21.7. The first-order valence-corrected chi connectivity index (χ1v) is 10.6. The van der Waals surface area contributed by atoms with E-state index in [-0.39, 0.29) is 17.4 Å². The van der Waals surface area contributed by atoms with Crippen LogP contribution in [0.3, 0.4) is 0 Å². The molecule has 0 bridgehead atoms. The zero-order chi connectivity index (χ0) is 20.3. The van der Waals surface area contributed by atoms with Gasteiger partial charge in [0.05, 0.1) is 6.04 Å². The summed E-state index contributed by atoms with van der Waals surface area (Å²) < 4.78 is 0.982. The molecule has 1 atom stereocenters. The van der Waals surface area contributed by atoms with Gasteiger partial charge in [0, 0.05) is 42.5 Å². The molecular formula is C22H29BrN4O. The first kappa shape index (κ1) is 20.8. The van der Waals surface area contributed by atoms with E-state index < -0.39 is 0 Å². The first-order valence-electron chi connectivity index (χ1n) is 9.76. The van der Waals surface area contributed by atoms with Gasteiger partial charge >= 0.3 is 0 Å². The Bertz CT molecular complexity index is 791. The van der Waals surface area contributed by atoms with Crippen LogP contribution in [0, 0.1) is 0 Å². The van der Waals surface area contributed by atoms with Gasteiger partial charge < -0.3 is 10.2 Å². The fraction of sp³-hybridized carbons (Fsp3) is 0.455. The number of amides is 1. The highest BCUT2D eigenvalue weighted by Crippen LogP contribution is 2.24. The molecule has 3 rings (SSSR count). The molecule has 150 valence electrons. The van der Waals surface area contributed by atoms with E-state index in [1.165, 1.54) is 5.56 Å². The van der Waals surface area contributed by atoms with Crippen molar-refractivity contribution in [2.75, 3.05) is 36.4 Å². The number of pyridine rings is 1. The Hall–Kier alpha value is -1.92. The molecule has 28 heavy (non-hydrogen) atoms. The molecule has 1 saturated heterocycles. The smallest absolute Gasteiger partial charge is 0.241 e. The number of rotatable bonds is 4. The predicted molar refractivity (Wildman–Crippen MR) is 119 cm³/mol. The molecule has 1 unspecified atom stereocenters. The Morgan fingerprint density at radius 1 is 1.07 bits per heavy atom. The van der Waals surface area contributed by atoms with Gasteiger partial charge in [-0.15, -0.1) is 0 Å². The maximum atomic E-state index is 12.7. The molecule has 5 nitrogen and oxygen atoms in total. The summed E-state index contributed by atoms with van der Waals surface area (Å²) in [6.45, 7) is 12.0. The molecule has 0 saturated carbocycles. The minimum Gasteiger partial charge on any atom is -0.354 e. The van der Waals surface area contributed by atoms with Gasteiger partial charge in [-0.25, -0.2) is 4.98 Å². The molecule has 1 aromatic carbocycles. The molecule has 1 aliphatic rings. The number of nitrogens with zero attached hydrogens (tertiary/aromatic N) is 3. The summed E-state index contributed by atoms with van der Waals surface area (Å²) in [6.07, 6.45) is 1.82. The molecule has 2 aromatic rings. The lowest BCUT2D eigenvalue weighted by atomic mass is 9.87. The fourth-order valence-corrected chi connectivity index (χ4v) is 3.59. The normalized spacial score (nSPS) is 16.7. The summed E-state index contributed by atoms with van der Waals surface area (Å²) >= 11 is 3.42. The summed E-state index contributed by atoms with van der Waals surface area (Å²) in [5.74, 6) is 1.03. The van der Waals surface area contributed by atoms with E-state index in [9.17, 15) is 4.79 Å². The third-order valence-corrected chi connectivity index (χ3v) is 5.76. The Balaban J connectivity index is 1.53. The number of benzene rings is 1. The van der Waals surface area contributed by atoms with Gasteiger partial charge in [-0.1, -0.05) is 32.9 Å². The predicted octanol–water partition coefficient (Wildman–Crippen LogP) is 4.29. The lowest BCUT2D eigenvalue weighted by molar-refractivity contribution is -0.120. The van der Waals surface area contributed by atoms with Crippen molar-refractivity contribution < 1.29 is 4.79 Å².